The number of rotatable bonds is 3. The summed E-state index contributed by atoms with van der Waals surface area (Å²) in [6.07, 6.45) is 7.46. The first-order valence-corrected chi connectivity index (χ1v) is 10.2. The predicted molar refractivity (Wildman–Crippen MR) is 113 cm³/mol. The second-order valence-electron chi connectivity index (χ2n) is 7.66. The van der Waals surface area contributed by atoms with Crippen molar-refractivity contribution in [2.45, 2.75) is 19.4 Å². The van der Waals surface area contributed by atoms with Gasteiger partial charge in [0.2, 0.25) is 5.89 Å². The van der Waals surface area contributed by atoms with E-state index in [2.05, 4.69) is 25.1 Å². The lowest BCUT2D eigenvalue weighted by molar-refractivity contribution is 0.0646. The van der Waals surface area contributed by atoms with Gasteiger partial charge in [0.15, 0.2) is 0 Å². The van der Waals surface area contributed by atoms with E-state index < -0.39 is 6.04 Å². The monoisotopic (exact) mass is 426 g/mol. The number of nitrogens with zero attached hydrogens (tertiary/aromatic N) is 7. The average molecular weight is 426 g/mol. The molecule has 1 amide bonds. The van der Waals surface area contributed by atoms with Crippen molar-refractivity contribution in [2.24, 2.45) is 0 Å². The lowest BCUT2D eigenvalue weighted by Crippen LogP contribution is -2.41. The van der Waals surface area contributed by atoms with Crippen molar-refractivity contribution < 1.29 is 9.21 Å². The van der Waals surface area contributed by atoms with Crippen molar-refractivity contribution in [1.29, 1.82) is 0 Å². The van der Waals surface area contributed by atoms with Crippen LogP contribution >= 0.6 is 0 Å². The number of aryl methyl sites for hydroxylation is 1. The van der Waals surface area contributed by atoms with Crippen molar-refractivity contribution in [3.8, 4) is 11.5 Å². The van der Waals surface area contributed by atoms with Crippen molar-refractivity contribution in [3.63, 3.8) is 0 Å². The maximum absolute atomic E-state index is 13.5. The number of H-pyrrole nitrogens is 1. The van der Waals surface area contributed by atoms with E-state index in [1.807, 2.05) is 35.8 Å². The summed E-state index contributed by atoms with van der Waals surface area (Å²) in [5.41, 5.74) is 5.23. The molecule has 6 heterocycles. The molecule has 0 saturated heterocycles. The Balaban J connectivity index is 1.41. The molecule has 6 rings (SSSR count). The van der Waals surface area contributed by atoms with Gasteiger partial charge in [-0.3, -0.25) is 9.78 Å². The second kappa shape index (κ2) is 7.12. The van der Waals surface area contributed by atoms with Crippen LogP contribution in [0, 0.1) is 6.92 Å². The Kier molecular flexibility index (Phi) is 4.10. The maximum Gasteiger partial charge on any atom is 0.312 e. The Morgan fingerprint density at radius 1 is 1.25 bits per heavy atom. The zero-order chi connectivity index (χ0) is 21.7. The Morgan fingerprint density at radius 2 is 2.19 bits per heavy atom. The lowest BCUT2D eigenvalue weighted by Gasteiger charge is -2.32. The number of hydrogen-bond donors (Lipinski definition) is 1. The van der Waals surface area contributed by atoms with Crippen LogP contribution in [0.5, 0.6) is 0 Å². The van der Waals surface area contributed by atoms with Crippen LogP contribution in [0.3, 0.4) is 0 Å². The molecule has 1 aliphatic heterocycles. The Morgan fingerprint density at radius 3 is 3.03 bits per heavy atom. The minimum Gasteiger partial charge on any atom is -0.412 e. The predicted octanol–water partition coefficient (Wildman–Crippen LogP) is 2.60. The van der Waals surface area contributed by atoms with Gasteiger partial charge in [-0.25, -0.2) is 9.50 Å². The third-order valence-corrected chi connectivity index (χ3v) is 5.71. The molecule has 5 aromatic heterocycles. The third kappa shape index (κ3) is 2.88. The van der Waals surface area contributed by atoms with Crippen LogP contribution in [0.4, 0.5) is 0 Å². The molecule has 1 N–H and O–H groups in total. The van der Waals surface area contributed by atoms with Gasteiger partial charge in [0.05, 0.1) is 28.8 Å². The van der Waals surface area contributed by atoms with Crippen LogP contribution in [-0.4, -0.2) is 52.1 Å². The average Bonchev–Trinajstić information content (AvgIpc) is 3.58. The zero-order valence-electron chi connectivity index (χ0n) is 17.1. The largest absolute Gasteiger partial charge is 0.412 e. The third-order valence-electron chi connectivity index (χ3n) is 5.71. The minimum atomic E-state index is -0.467. The molecule has 1 unspecified atom stereocenters. The summed E-state index contributed by atoms with van der Waals surface area (Å²) < 4.78 is 7.53. The fourth-order valence-electron chi connectivity index (χ4n) is 4.14. The van der Waals surface area contributed by atoms with Crippen LogP contribution in [0.25, 0.3) is 17.0 Å². The molecule has 32 heavy (non-hydrogen) atoms. The molecular formula is C22H18N8O2. The van der Waals surface area contributed by atoms with Gasteiger partial charge in [-0.15, -0.1) is 10.2 Å². The van der Waals surface area contributed by atoms with E-state index in [-0.39, 0.29) is 17.7 Å². The van der Waals surface area contributed by atoms with Crippen molar-refractivity contribution >= 4 is 11.4 Å². The first-order valence-electron chi connectivity index (χ1n) is 10.2. The molecule has 1 aliphatic rings. The number of fused-ring (bicyclic) bond motifs is 2. The van der Waals surface area contributed by atoms with Crippen LogP contribution < -0.4 is 0 Å². The van der Waals surface area contributed by atoms with Gasteiger partial charge < -0.3 is 14.3 Å². The topological polar surface area (TPSA) is 118 Å². The highest BCUT2D eigenvalue weighted by atomic mass is 16.4. The van der Waals surface area contributed by atoms with Gasteiger partial charge in [-0.05, 0) is 36.8 Å². The molecule has 10 heteroatoms. The van der Waals surface area contributed by atoms with Crippen molar-refractivity contribution in [3.05, 3.63) is 83.8 Å². The molecule has 0 radical (unpaired) electrons. The SMILES string of the molecule is Cc1cccn2nc(C3c4nc[nH]c4CCN3C(=O)c3nnc(-c4cccnc4)o3)cc12. The summed E-state index contributed by atoms with van der Waals surface area (Å²) in [7, 11) is 0. The zero-order valence-corrected chi connectivity index (χ0v) is 17.1. The van der Waals surface area contributed by atoms with Crippen molar-refractivity contribution in [2.75, 3.05) is 6.54 Å². The van der Waals surface area contributed by atoms with Crippen LogP contribution in [0.2, 0.25) is 0 Å². The van der Waals surface area contributed by atoms with Crippen LogP contribution in [0.15, 0.2) is 59.7 Å². The number of carbonyl (C=O) groups excluding carboxylic acids is 1. The van der Waals surface area contributed by atoms with Gasteiger partial charge >= 0.3 is 11.8 Å². The molecule has 0 aromatic carbocycles. The molecule has 158 valence electrons. The molecule has 0 bridgehead atoms. The Labute approximate surface area is 181 Å². The van der Waals surface area contributed by atoms with E-state index in [4.69, 9.17) is 9.52 Å². The Hall–Kier alpha value is -4.34. The Bertz CT molecular complexity index is 1430. The normalized spacial score (nSPS) is 15.8. The van der Waals surface area contributed by atoms with Gasteiger partial charge in [0, 0.05) is 37.3 Å². The highest BCUT2D eigenvalue weighted by Gasteiger charge is 2.38. The lowest BCUT2D eigenvalue weighted by atomic mass is 9.99. The maximum atomic E-state index is 13.5. The van der Waals surface area contributed by atoms with Crippen LogP contribution in [-0.2, 0) is 6.42 Å². The summed E-state index contributed by atoms with van der Waals surface area (Å²) in [4.78, 5) is 26.9. The molecule has 0 fully saturated rings. The highest BCUT2D eigenvalue weighted by Crippen LogP contribution is 2.34. The molecule has 10 nitrogen and oxygen atoms in total. The summed E-state index contributed by atoms with van der Waals surface area (Å²) in [5.74, 6) is -0.188. The van der Waals surface area contributed by atoms with Crippen LogP contribution in [0.1, 0.15) is 39.4 Å². The number of nitrogens with one attached hydrogen (secondary N) is 1. The van der Waals surface area contributed by atoms with E-state index in [0.717, 1.165) is 28.2 Å². The van der Waals surface area contributed by atoms with Gasteiger partial charge in [0.25, 0.3) is 0 Å². The second-order valence-corrected chi connectivity index (χ2v) is 7.66. The number of imidazole rings is 1. The highest BCUT2D eigenvalue weighted by molar-refractivity contribution is 5.90. The number of aromatic amines is 1. The number of carbonyl (C=O) groups is 1. The quantitative estimate of drug-likeness (QED) is 0.471. The van der Waals surface area contributed by atoms with Gasteiger partial charge in [0.1, 0.15) is 6.04 Å². The summed E-state index contributed by atoms with van der Waals surface area (Å²) >= 11 is 0. The first-order chi connectivity index (χ1) is 15.7. The number of hydrogen-bond acceptors (Lipinski definition) is 7. The van der Waals surface area contributed by atoms with E-state index in [1.165, 1.54) is 0 Å². The molecular weight excluding hydrogens is 408 g/mol. The number of amides is 1. The van der Waals surface area contributed by atoms with E-state index in [1.54, 1.807) is 35.8 Å². The van der Waals surface area contributed by atoms with Crippen molar-refractivity contribution in [1.82, 2.24) is 39.7 Å². The first kappa shape index (κ1) is 18.4. The van der Waals surface area contributed by atoms with E-state index in [0.29, 0.717) is 18.5 Å². The minimum absolute atomic E-state index is 0.0761. The molecule has 5 aromatic rings. The standard InChI is InChI=1S/C22H18N8O2/c1-13-4-3-8-30-17(13)10-16(28-30)19-18-15(24-12-25-18)6-9-29(19)22(31)21-27-26-20(32-21)14-5-2-7-23-11-14/h2-5,7-8,10-12,19H,6,9H2,1H3,(H,24,25). The molecule has 0 aliphatic carbocycles. The molecule has 0 spiro atoms. The number of pyridine rings is 2. The molecule has 1 atom stereocenters. The van der Waals surface area contributed by atoms with Gasteiger partial charge in [-0.2, -0.15) is 5.10 Å². The van der Waals surface area contributed by atoms with E-state index in [9.17, 15) is 4.79 Å². The summed E-state index contributed by atoms with van der Waals surface area (Å²) in [6, 6.07) is 9.08. The summed E-state index contributed by atoms with van der Waals surface area (Å²) in [6.45, 7) is 2.50. The number of aromatic nitrogens is 7. The smallest absolute Gasteiger partial charge is 0.312 e. The van der Waals surface area contributed by atoms with E-state index >= 15 is 0 Å². The molecule has 0 saturated carbocycles. The fourth-order valence-corrected chi connectivity index (χ4v) is 4.14. The van der Waals surface area contributed by atoms with Gasteiger partial charge in [-0.1, -0.05) is 6.07 Å². The fraction of sp³-hybridized carbons (Fsp3) is 0.182. The summed E-state index contributed by atoms with van der Waals surface area (Å²) in [5, 5.41) is 12.8.